The quantitative estimate of drug-likeness (QED) is 0.468. The Morgan fingerprint density at radius 2 is 1.30 bits per heavy atom. The molecule has 2 aromatic carbocycles. The van der Waals surface area contributed by atoms with Gasteiger partial charge in [0.2, 0.25) is 0 Å². The van der Waals surface area contributed by atoms with Crippen molar-refractivity contribution >= 4 is 31.9 Å². The topological polar surface area (TPSA) is 27.7 Å². The normalized spacial score (nSPS) is 22.8. The molecule has 0 spiro atoms. The second kappa shape index (κ2) is 10.6. The highest BCUT2D eigenvalue weighted by atomic mass is 79.9. The van der Waals surface area contributed by atoms with Gasteiger partial charge < -0.3 is 14.2 Å². The monoisotopic (exact) mass is 496 g/mol. The summed E-state index contributed by atoms with van der Waals surface area (Å²) in [4.78, 5) is 0. The molecule has 1 saturated heterocycles. The van der Waals surface area contributed by atoms with E-state index in [1.807, 2.05) is 36.4 Å². The zero-order valence-electron chi connectivity index (χ0n) is 15.6. The molecule has 5 heteroatoms. The number of ether oxygens (including phenoxy) is 3. The van der Waals surface area contributed by atoms with Crippen LogP contribution >= 0.6 is 31.9 Å². The molecular weight excluding hydrogens is 472 g/mol. The number of methoxy groups -OCH3 is 1. The molecular formula is C22H26Br2O3. The number of rotatable bonds is 3. The van der Waals surface area contributed by atoms with E-state index in [0.29, 0.717) is 5.92 Å². The largest absolute Gasteiger partial charge is 0.497 e. The molecule has 0 unspecified atom stereocenters. The van der Waals surface area contributed by atoms with E-state index >= 15 is 0 Å². The van der Waals surface area contributed by atoms with Gasteiger partial charge >= 0.3 is 0 Å². The molecule has 3 nitrogen and oxygen atoms in total. The number of benzene rings is 2. The lowest BCUT2D eigenvalue weighted by atomic mass is 9.92. The first kappa shape index (κ1) is 20.8. The van der Waals surface area contributed by atoms with Gasteiger partial charge in [-0.15, -0.1) is 0 Å². The van der Waals surface area contributed by atoms with Crippen LogP contribution in [0.5, 0.6) is 5.75 Å². The number of hydrogen-bond donors (Lipinski definition) is 0. The maximum absolute atomic E-state index is 5.89. The summed E-state index contributed by atoms with van der Waals surface area (Å²) < 4.78 is 18.9. The SMILES string of the molecule is Brc1ccc(C2OCC(C3CCCC3)CO2)cc1.COc1ccc(Br)cc1. The lowest BCUT2D eigenvalue weighted by molar-refractivity contribution is -0.212. The predicted molar refractivity (Wildman–Crippen MR) is 115 cm³/mol. The van der Waals surface area contributed by atoms with Gasteiger partial charge in [-0.05, 0) is 42.3 Å². The first-order valence-corrected chi connectivity index (χ1v) is 11.0. The van der Waals surface area contributed by atoms with Crippen LogP contribution in [0.1, 0.15) is 37.5 Å². The van der Waals surface area contributed by atoms with Crippen molar-refractivity contribution in [3.63, 3.8) is 0 Å². The second-order valence-electron chi connectivity index (χ2n) is 7.01. The van der Waals surface area contributed by atoms with Crippen molar-refractivity contribution in [3.05, 3.63) is 63.0 Å². The lowest BCUT2D eigenvalue weighted by Gasteiger charge is -2.32. The van der Waals surface area contributed by atoms with Gasteiger partial charge in [-0.3, -0.25) is 0 Å². The van der Waals surface area contributed by atoms with E-state index in [0.717, 1.165) is 39.4 Å². The van der Waals surface area contributed by atoms with E-state index in [2.05, 4.69) is 44.0 Å². The summed E-state index contributed by atoms with van der Waals surface area (Å²) in [5.41, 5.74) is 1.11. The fraction of sp³-hybridized carbons (Fsp3) is 0.455. The Bertz CT molecular complexity index is 674. The van der Waals surface area contributed by atoms with Gasteiger partial charge in [0.1, 0.15) is 5.75 Å². The van der Waals surface area contributed by atoms with Gasteiger partial charge in [0, 0.05) is 20.4 Å². The van der Waals surface area contributed by atoms with Gasteiger partial charge in [0.15, 0.2) is 6.29 Å². The minimum atomic E-state index is -0.171. The Morgan fingerprint density at radius 3 is 1.81 bits per heavy atom. The van der Waals surface area contributed by atoms with E-state index in [4.69, 9.17) is 14.2 Å². The summed E-state index contributed by atoms with van der Waals surface area (Å²) in [6.45, 7) is 1.71. The van der Waals surface area contributed by atoms with Crippen molar-refractivity contribution in [2.45, 2.75) is 32.0 Å². The molecule has 1 heterocycles. The molecule has 0 atom stereocenters. The van der Waals surface area contributed by atoms with Gasteiger partial charge in [-0.1, -0.05) is 69.7 Å². The number of hydrogen-bond acceptors (Lipinski definition) is 3. The van der Waals surface area contributed by atoms with Crippen molar-refractivity contribution in [2.24, 2.45) is 11.8 Å². The van der Waals surface area contributed by atoms with Crippen LogP contribution in [0.4, 0.5) is 0 Å². The predicted octanol–water partition coefficient (Wildman–Crippen LogP) is 6.76. The van der Waals surface area contributed by atoms with Crippen LogP contribution in [0.3, 0.4) is 0 Å². The van der Waals surface area contributed by atoms with E-state index in [1.54, 1.807) is 7.11 Å². The zero-order valence-corrected chi connectivity index (χ0v) is 18.7. The second-order valence-corrected chi connectivity index (χ2v) is 8.84. The summed E-state index contributed by atoms with van der Waals surface area (Å²) in [6.07, 6.45) is 5.32. The zero-order chi connectivity index (χ0) is 19.1. The van der Waals surface area contributed by atoms with E-state index < -0.39 is 0 Å². The molecule has 0 N–H and O–H groups in total. The molecule has 146 valence electrons. The maximum atomic E-state index is 5.89. The third-order valence-corrected chi connectivity index (χ3v) is 6.24. The van der Waals surface area contributed by atoms with Crippen molar-refractivity contribution in [3.8, 4) is 5.75 Å². The highest BCUT2D eigenvalue weighted by molar-refractivity contribution is 9.10. The Hall–Kier alpha value is -0.880. The van der Waals surface area contributed by atoms with E-state index in [1.165, 1.54) is 25.7 Å². The smallest absolute Gasteiger partial charge is 0.183 e. The molecule has 0 aromatic heterocycles. The van der Waals surface area contributed by atoms with Crippen LogP contribution in [0.2, 0.25) is 0 Å². The summed E-state index contributed by atoms with van der Waals surface area (Å²) in [6, 6.07) is 15.9. The van der Waals surface area contributed by atoms with Crippen molar-refractivity contribution in [1.29, 1.82) is 0 Å². The van der Waals surface area contributed by atoms with Crippen LogP contribution in [-0.4, -0.2) is 20.3 Å². The number of halogens is 2. The van der Waals surface area contributed by atoms with E-state index in [-0.39, 0.29) is 6.29 Å². The van der Waals surface area contributed by atoms with Gasteiger partial charge in [-0.25, -0.2) is 0 Å². The molecule has 2 aromatic rings. The summed E-state index contributed by atoms with van der Waals surface area (Å²) in [5.74, 6) is 2.33. The van der Waals surface area contributed by atoms with Crippen LogP contribution in [-0.2, 0) is 9.47 Å². The maximum Gasteiger partial charge on any atom is 0.183 e. The fourth-order valence-electron chi connectivity index (χ4n) is 3.60. The molecule has 1 aliphatic heterocycles. The van der Waals surface area contributed by atoms with Crippen molar-refractivity contribution in [2.75, 3.05) is 20.3 Å². The van der Waals surface area contributed by atoms with Crippen LogP contribution in [0, 0.1) is 11.8 Å². The summed E-state index contributed by atoms with van der Waals surface area (Å²) in [5, 5.41) is 0. The average Bonchev–Trinajstić information content (AvgIpc) is 3.25. The van der Waals surface area contributed by atoms with Crippen LogP contribution in [0.15, 0.2) is 57.5 Å². The molecule has 1 saturated carbocycles. The van der Waals surface area contributed by atoms with Crippen molar-refractivity contribution in [1.82, 2.24) is 0 Å². The van der Waals surface area contributed by atoms with E-state index in [9.17, 15) is 0 Å². The minimum absolute atomic E-state index is 0.171. The average molecular weight is 498 g/mol. The third kappa shape index (κ3) is 6.31. The molecule has 4 rings (SSSR count). The molecule has 1 aliphatic carbocycles. The van der Waals surface area contributed by atoms with Gasteiger partial charge in [-0.2, -0.15) is 0 Å². The Balaban J connectivity index is 0.000000197. The Labute approximate surface area is 178 Å². The Kier molecular flexibility index (Phi) is 8.19. The lowest BCUT2D eigenvalue weighted by Crippen LogP contribution is -2.31. The highest BCUT2D eigenvalue weighted by Gasteiger charge is 2.30. The molecule has 27 heavy (non-hydrogen) atoms. The Morgan fingerprint density at radius 1 is 0.778 bits per heavy atom. The molecule has 0 amide bonds. The molecule has 0 bridgehead atoms. The fourth-order valence-corrected chi connectivity index (χ4v) is 4.13. The van der Waals surface area contributed by atoms with Crippen molar-refractivity contribution < 1.29 is 14.2 Å². The molecule has 0 radical (unpaired) electrons. The van der Waals surface area contributed by atoms with Gasteiger partial charge in [0.05, 0.1) is 20.3 Å². The third-order valence-electron chi connectivity index (χ3n) is 5.18. The van der Waals surface area contributed by atoms with Gasteiger partial charge in [0.25, 0.3) is 0 Å². The first-order chi connectivity index (χ1) is 13.2. The van der Waals surface area contributed by atoms with Crippen LogP contribution < -0.4 is 4.74 Å². The summed E-state index contributed by atoms with van der Waals surface area (Å²) >= 11 is 6.76. The minimum Gasteiger partial charge on any atom is -0.497 e. The summed E-state index contributed by atoms with van der Waals surface area (Å²) in [7, 11) is 1.66. The first-order valence-electron chi connectivity index (χ1n) is 9.44. The standard InChI is InChI=1S/C15H19BrO2.C7H7BrO/c16-14-7-5-12(6-8-14)15-17-9-13(10-18-15)11-3-1-2-4-11;1-9-7-4-2-6(8)3-5-7/h5-8,11,13,15H,1-4,9-10H2;2-5H,1H3. The van der Waals surface area contributed by atoms with Crippen LogP contribution in [0.25, 0.3) is 0 Å². The molecule has 2 fully saturated rings. The molecule has 2 aliphatic rings. The highest BCUT2D eigenvalue weighted by Crippen LogP contribution is 2.36.